The number of benzene rings is 2. The molecule has 0 atom stereocenters. The topological polar surface area (TPSA) is 55.1 Å². The van der Waals surface area contributed by atoms with Gasteiger partial charge in [-0.2, -0.15) is 13.2 Å². The standard InChI is InChI=1S/C15H12ClF3N2O/c1-8-6-9(2-5-12(8)20)14(22)21-13-7-10(15(17,18)19)3-4-11(13)16/h2-7H,20H2,1H3,(H,21,22). The van der Waals surface area contributed by atoms with Crippen LogP contribution in [-0.4, -0.2) is 5.91 Å². The predicted molar refractivity (Wildman–Crippen MR) is 80.0 cm³/mol. The minimum Gasteiger partial charge on any atom is -0.399 e. The maximum Gasteiger partial charge on any atom is 0.416 e. The van der Waals surface area contributed by atoms with Gasteiger partial charge in [0.2, 0.25) is 0 Å². The minimum absolute atomic E-state index is 0.0218. The first-order valence-corrected chi connectivity index (χ1v) is 6.60. The van der Waals surface area contributed by atoms with Crippen LogP contribution >= 0.6 is 11.6 Å². The highest BCUT2D eigenvalue weighted by Crippen LogP contribution is 2.34. The number of alkyl halides is 3. The molecule has 1 amide bonds. The van der Waals surface area contributed by atoms with Crippen LogP contribution in [0, 0.1) is 6.92 Å². The number of carbonyl (C=O) groups excluding carboxylic acids is 1. The first-order chi connectivity index (χ1) is 10.2. The molecule has 0 aliphatic rings. The van der Waals surface area contributed by atoms with Crippen LogP contribution in [0.4, 0.5) is 24.5 Å². The van der Waals surface area contributed by atoms with Gasteiger partial charge in [-0.1, -0.05) is 11.6 Å². The van der Waals surface area contributed by atoms with E-state index in [0.29, 0.717) is 11.3 Å². The number of amides is 1. The van der Waals surface area contributed by atoms with Crippen LogP contribution in [-0.2, 0) is 6.18 Å². The van der Waals surface area contributed by atoms with E-state index in [2.05, 4.69) is 5.32 Å². The van der Waals surface area contributed by atoms with Crippen molar-refractivity contribution in [3.8, 4) is 0 Å². The van der Waals surface area contributed by atoms with E-state index in [1.54, 1.807) is 19.1 Å². The Hall–Kier alpha value is -2.21. The molecule has 0 aromatic heterocycles. The van der Waals surface area contributed by atoms with Gasteiger partial charge in [-0.05, 0) is 48.9 Å². The van der Waals surface area contributed by atoms with Gasteiger partial charge in [-0.3, -0.25) is 4.79 Å². The number of hydrogen-bond acceptors (Lipinski definition) is 2. The number of carbonyl (C=O) groups is 1. The third-order valence-corrected chi connectivity index (χ3v) is 3.40. The molecular formula is C15H12ClF3N2O. The van der Waals surface area contributed by atoms with E-state index >= 15 is 0 Å². The molecule has 0 saturated heterocycles. The fraction of sp³-hybridized carbons (Fsp3) is 0.133. The number of anilines is 2. The van der Waals surface area contributed by atoms with E-state index < -0.39 is 17.6 Å². The lowest BCUT2D eigenvalue weighted by atomic mass is 10.1. The van der Waals surface area contributed by atoms with Crippen molar-refractivity contribution in [3.05, 3.63) is 58.1 Å². The van der Waals surface area contributed by atoms with Crippen molar-refractivity contribution < 1.29 is 18.0 Å². The fourth-order valence-electron chi connectivity index (χ4n) is 1.81. The molecule has 0 bridgehead atoms. The van der Waals surface area contributed by atoms with E-state index in [1.165, 1.54) is 6.07 Å². The monoisotopic (exact) mass is 328 g/mol. The molecular weight excluding hydrogens is 317 g/mol. The number of aryl methyl sites for hydroxylation is 1. The molecule has 2 rings (SSSR count). The van der Waals surface area contributed by atoms with Crippen LogP contribution < -0.4 is 11.1 Å². The van der Waals surface area contributed by atoms with E-state index in [0.717, 1.165) is 18.2 Å². The van der Waals surface area contributed by atoms with Gasteiger partial charge in [0.15, 0.2) is 0 Å². The number of nitrogen functional groups attached to an aromatic ring is 1. The maximum absolute atomic E-state index is 12.7. The van der Waals surface area contributed by atoms with Crippen molar-refractivity contribution in [1.29, 1.82) is 0 Å². The zero-order chi connectivity index (χ0) is 16.5. The molecule has 3 N–H and O–H groups in total. The van der Waals surface area contributed by atoms with E-state index in [-0.39, 0.29) is 16.3 Å². The second-order valence-electron chi connectivity index (χ2n) is 4.72. The van der Waals surface area contributed by atoms with E-state index in [4.69, 9.17) is 17.3 Å². The van der Waals surface area contributed by atoms with Gasteiger partial charge < -0.3 is 11.1 Å². The summed E-state index contributed by atoms with van der Waals surface area (Å²) in [6.45, 7) is 1.73. The zero-order valence-corrected chi connectivity index (χ0v) is 12.2. The Bertz CT molecular complexity index is 729. The highest BCUT2D eigenvalue weighted by Gasteiger charge is 2.31. The predicted octanol–water partition coefficient (Wildman–Crippen LogP) is 4.50. The van der Waals surface area contributed by atoms with Gasteiger partial charge in [-0.15, -0.1) is 0 Å². The Kier molecular flexibility index (Phi) is 4.32. The smallest absolute Gasteiger partial charge is 0.399 e. The molecule has 7 heteroatoms. The van der Waals surface area contributed by atoms with E-state index in [9.17, 15) is 18.0 Å². The summed E-state index contributed by atoms with van der Waals surface area (Å²) in [6.07, 6.45) is -4.51. The number of halogens is 4. The van der Waals surface area contributed by atoms with Gasteiger partial charge in [0.25, 0.3) is 5.91 Å². The van der Waals surface area contributed by atoms with Crippen LogP contribution in [0.3, 0.4) is 0 Å². The average Bonchev–Trinajstić information content (AvgIpc) is 2.43. The highest BCUT2D eigenvalue weighted by molar-refractivity contribution is 6.34. The van der Waals surface area contributed by atoms with Crippen molar-refractivity contribution in [1.82, 2.24) is 0 Å². The molecule has 3 nitrogen and oxygen atoms in total. The van der Waals surface area contributed by atoms with Crippen molar-refractivity contribution in [2.75, 3.05) is 11.1 Å². The summed E-state index contributed by atoms with van der Waals surface area (Å²) in [7, 11) is 0. The molecule has 0 aliphatic heterocycles. The minimum atomic E-state index is -4.51. The van der Waals surface area contributed by atoms with Crippen molar-refractivity contribution in [3.63, 3.8) is 0 Å². The summed E-state index contributed by atoms with van der Waals surface area (Å²) in [6, 6.07) is 7.33. The van der Waals surface area contributed by atoms with Crippen LogP contribution in [0.5, 0.6) is 0 Å². The average molecular weight is 329 g/mol. The van der Waals surface area contributed by atoms with Gasteiger partial charge in [-0.25, -0.2) is 0 Å². The lowest BCUT2D eigenvalue weighted by molar-refractivity contribution is -0.137. The first-order valence-electron chi connectivity index (χ1n) is 6.22. The normalized spacial score (nSPS) is 11.3. The lowest BCUT2D eigenvalue weighted by Crippen LogP contribution is -2.14. The Balaban J connectivity index is 2.29. The lowest BCUT2D eigenvalue weighted by Gasteiger charge is -2.12. The third kappa shape index (κ3) is 3.51. The SMILES string of the molecule is Cc1cc(C(=O)Nc2cc(C(F)(F)F)ccc2Cl)ccc1N. The fourth-order valence-corrected chi connectivity index (χ4v) is 1.97. The summed E-state index contributed by atoms with van der Waals surface area (Å²) < 4.78 is 38.1. The quantitative estimate of drug-likeness (QED) is 0.797. The van der Waals surface area contributed by atoms with E-state index in [1.807, 2.05) is 0 Å². The van der Waals surface area contributed by atoms with Gasteiger partial charge in [0.1, 0.15) is 0 Å². The highest BCUT2D eigenvalue weighted by atomic mass is 35.5. The molecule has 0 heterocycles. The number of nitrogens with two attached hydrogens (primary N) is 1. The summed E-state index contributed by atoms with van der Waals surface area (Å²) in [5.41, 5.74) is 6.16. The zero-order valence-electron chi connectivity index (χ0n) is 11.5. The van der Waals surface area contributed by atoms with Gasteiger partial charge >= 0.3 is 6.18 Å². The summed E-state index contributed by atoms with van der Waals surface area (Å²) in [4.78, 5) is 12.1. The molecule has 2 aromatic carbocycles. The first kappa shape index (κ1) is 16.2. The Labute approximate surface area is 129 Å². The molecule has 116 valence electrons. The molecule has 0 unspecified atom stereocenters. The maximum atomic E-state index is 12.7. The van der Waals surface area contributed by atoms with Crippen LogP contribution in [0.1, 0.15) is 21.5 Å². The molecule has 22 heavy (non-hydrogen) atoms. The largest absolute Gasteiger partial charge is 0.416 e. The molecule has 0 aliphatic carbocycles. The molecule has 0 saturated carbocycles. The Morgan fingerprint density at radius 1 is 1.18 bits per heavy atom. The van der Waals surface area contributed by atoms with Crippen molar-refractivity contribution >= 4 is 28.9 Å². The molecule has 0 fully saturated rings. The number of hydrogen-bond donors (Lipinski definition) is 2. The van der Waals surface area contributed by atoms with Crippen molar-refractivity contribution in [2.45, 2.75) is 13.1 Å². The Morgan fingerprint density at radius 3 is 2.45 bits per heavy atom. The van der Waals surface area contributed by atoms with Crippen LogP contribution in [0.25, 0.3) is 0 Å². The molecule has 0 spiro atoms. The van der Waals surface area contributed by atoms with Gasteiger partial charge in [0.05, 0.1) is 16.3 Å². The number of rotatable bonds is 2. The van der Waals surface area contributed by atoms with Crippen LogP contribution in [0.2, 0.25) is 5.02 Å². The van der Waals surface area contributed by atoms with Gasteiger partial charge in [0, 0.05) is 11.3 Å². The summed E-state index contributed by atoms with van der Waals surface area (Å²) >= 11 is 5.83. The van der Waals surface area contributed by atoms with Crippen LogP contribution in [0.15, 0.2) is 36.4 Å². The number of nitrogens with one attached hydrogen (secondary N) is 1. The second kappa shape index (κ2) is 5.88. The molecule has 2 aromatic rings. The third-order valence-electron chi connectivity index (χ3n) is 3.07. The summed E-state index contributed by atoms with van der Waals surface area (Å²) in [5.74, 6) is -0.565. The summed E-state index contributed by atoms with van der Waals surface area (Å²) in [5, 5.41) is 2.40. The van der Waals surface area contributed by atoms with Crippen molar-refractivity contribution in [2.24, 2.45) is 0 Å². The second-order valence-corrected chi connectivity index (χ2v) is 5.13. The molecule has 0 radical (unpaired) electrons. The Morgan fingerprint density at radius 2 is 1.86 bits per heavy atom.